The molecule has 5 nitrogen and oxygen atoms in total. The van der Waals surface area contributed by atoms with Gasteiger partial charge in [0.25, 0.3) is 0 Å². The minimum absolute atomic E-state index is 0.0253. The van der Waals surface area contributed by atoms with Gasteiger partial charge in [-0.3, -0.25) is 4.90 Å². The van der Waals surface area contributed by atoms with Crippen LogP contribution in [0.3, 0.4) is 0 Å². The van der Waals surface area contributed by atoms with Crippen molar-refractivity contribution in [1.82, 2.24) is 4.90 Å². The van der Waals surface area contributed by atoms with Gasteiger partial charge >= 0.3 is 0 Å². The van der Waals surface area contributed by atoms with Gasteiger partial charge in [-0.1, -0.05) is 0 Å². The van der Waals surface area contributed by atoms with Crippen molar-refractivity contribution in [1.29, 1.82) is 0 Å². The van der Waals surface area contributed by atoms with E-state index in [2.05, 4.69) is 4.90 Å². The third-order valence-electron chi connectivity index (χ3n) is 4.29. The van der Waals surface area contributed by atoms with E-state index in [-0.39, 0.29) is 12.4 Å². The van der Waals surface area contributed by atoms with Crippen LogP contribution in [0.1, 0.15) is 43.3 Å². The molecule has 0 amide bonds. The summed E-state index contributed by atoms with van der Waals surface area (Å²) in [6.45, 7) is 7.26. The molecule has 0 N–H and O–H groups in total. The Morgan fingerprint density at radius 1 is 1.23 bits per heavy atom. The maximum absolute atomic E-state index is 5.82. The molecule has 0 radical (unpaired) electrons. The van der Waals surface area contributed by atoms with E-state index >= 15 is 0 Å². The first kappa shape index (κ1) is 16.0. The molecule has 0 saturated carbocycles. The summed E-state index contributed by atoms with van der Waals surface area (Å²) < 4.78 is 22.9. The molecule has 2 fully saturated rings. The second-order valence-electron chi connectivity index (χ2n) is 6.13. The van der Waals surface area contributed by atoms with Gasteiger partial charge in [0.1, 0.15) is 17.6 Å². The van der Waals surface area contributed by atoms with Crippen LogP contribution < -0.4 is 0 Å². The fraction of sp³-hybridized carbons (Fsp3) is 0.765. The lowest BCUT2D eigenvalue weighted by Crippen LogP contribution is -2.39. The van der Waals surface area contributed by atoms with Gasteiger partial charge < -0.3 is 18.6 Å². The first-order valence-corrected chi connectivity index (χ1v) is 8.45. The maximum Gasteiger partial charge on any atom is 0.157 e. The smallest absolute Gasteiger partial charge is 0.157 e. The largest absolute Gasteiger partial charge is 0.464 e. The molecule has 0 unspecified atom stereocenters. The summed E-state index contributed by atoms with van der Waals surface area (Å²) in [7, 11) is 0. The first-order valence-electron chi connectivity index (χ1n) is 8.45. The maximum atomic E-state index is 5.82. The predicted molar refractivity (Wildman–Crippen MR) is 82.7 cm³/mol. The molecule has 0 spiro atoms. The Labute approximate surface area is 132 Å². The highest BCUT2D eigenvalue weighted by molar-refractivity contribution is 5.09. The predicted octanol–water partition coefficient (Wildman–Crippen LogP) is 2.89. The summed E-state index contributed by atoms with van der Waals surface area (Å²) in [5.74, 6) is 1.88. The average Bonchev–Trinajstić information content (AvgIpc) is 3.00. The van der Waals surface area contributed by atoms with Gasteiger partial charge in [-0.05, 0) is 44.7 Å². The van der Waals surface area contributed by atoms with Gasteiger partial charge in [0.2, 0.25) is 0 Å². The van der Waals surface area contributed by atoms with Crippen molar-refractivity contribution in [3.8, 4) is 0 Å². The number of ether oxygens (including phenoxy) is 3. The van der Waals surface area contributed by atoms with Crippen LogP contribution in [0.5, 0.6) is 0 Å². The summed E-state index contributed by atoms with van der Waals surface area (Å²) in [6, 6.07) is 4.02. The average molecular weight is 309 g/mol. The van der Waals surface area contributed by atoms with Gasteiger partial charge in [-0.25, -0.2) is 0 Å². The van der Waals surface area contributed by atoms with Crippen LogP contribution in [-0.4, -0.2) is 50.6 Å². The van der Waals surface area contributed by atoms with E-state index < -0.39 is 0 Å². The highest BCUT2D eigenvalue weighted by Crippen LogP contribution is 2.24. The molecule has 3 rings (SSSR count). The highest BCUT2D eigenvalue weighted by atomic mass is 16.7. The van der Waals surface area contributed by atoms with Crippen LogP contribution in [0.2, 0.25) is 0 Å². The third-order valence-corrected chi connectivity index (χ3v) is 4.29. The number of hydrogen-bond acceptors (Lipinski definition) is 5. The zero-order valence-electron chi connectivity index (χ0n) is 13.5. The topological polar surface area (TPSA) is 44.1 Å². The Balaban J connectivity index is 1.35. The standard InChI is InChI=1S/C17H27NO4/c1-14-6-7-15(22-14)16-13-18(9-12-19-16)8-4-11-21-17-5-2-3-10-20-17/h6-7,16-17H,2-5,8-13H2,1H3/t16-,17-/m1/s1. The molecule has 0 aromatic carbocycles. The summed E-state index contributed by atoms with van der Waals surface area (Å²) in [5, 5.41) is 0. The molecule has 1 aromatic heterocycles. The zero-order valence-corrected chi connectivity index (χ0v) is 13.5. The second kappa shape index (κ2) is 8.11. The second-order valence-corrected chi connectivity index (χ2v) is 6.13. The number of hydrogen-bond donors (Lipinski definition) is 0. The van der Waals surface area contributed by atoms with Crippen LogP contribution in [0.15, 0.2) is 16.5 Å². The number of nitrogens with zero attached hydrogens (tertiary/aromatic N) is 1. The van der Waals surface area contributed by atoms with Crippen molar-refractivity contribution in [2.75, 3.05) is 39.5 Å². The van der Waals surface area contributed by atoms with Crippen LogP contribution in [0.4, 0.5) is 0 Å². The lowest BCUT2D eigenvalue weighted by molar-refractivity contribution is -0.163. The van der Waals surface area contributed by atoms with Crippen molar-refractivity contribution in [3.05, 3.63) is 23.7 Å². The van der Waals surface area contributed by atoms with E-state index in [4.69, 9.17) is 18.6 Å². The van der Waals surface area contributed by atoms with Crippen molar-refractivity contribution < 1.29 is 18.6 Å². The first-order chi connectivity index (χ1) is 10.8. The van der Waals surface area contributed by atoms with E-state index in [0.29, 0.717) is 0 Å². The van der Waals surface area contributed by atoms with Crippen LogP contribution in [-0.2, 0) is 14.2 Å². The number of furan rings is 1. The van der Waals surface area contributed by atoms with Gasteiger partial charge in [0.05, 0.1) is 13.2 Å². The minimum Gasteiger partial charge on any atom is -0.464 e. The van der Waals surface area contributed by atoms with E-state index in [1.807, 2.05) is 19.1 Å². The molecule has 2 atom stereocenters. The molecule has 0 aliphatic carbocycles. The summed E-state index contributed by atoms with van der Waals surface area (Å²) in [6.07, 6.45) is 4.54. The normalized spacial score (nSPS) is 27.1. The molecule has 2 saturated heterocycles. The highest BCUT2D eigenvalue weighted by Gasteiger charge is 2.24. The van der Waals surface area contributed by atoms with Crippen LogP contribution in [0.25, 0.3) is 0 Å². The fourth-order valence-electron chi connectivity index (χ4n) is 3.05. The molecular weight excluding hydrogens is 282 g/mol. The van der Waals surface area contributed by atoms with Crippen molar-refractivity contribution in [2.45, 2.75) is 45.0 Å². The molecule has 124 valence electrons. The lowest BCUT2D eigenvalue weighted by atomic mass is 10.2. The Morgan fingerprint density at radius 3 is 2.95 bits per heavy atom. The molecular formula is C17H27NO4. The Morgan fingerprint density at radius 2 is 2.18 bits per heavy atom. The molecule has 0 bridgehead atoms. The minimum atomic E-state index is 0.0253. The number of rotatable bonds is 6. The number of morpholine rings is 1. The van der Waals surface area contributed by atoms with Gasteiger partial charge in [-0.2, -0.15) is 0 Å². The number of aryl methyl sites for hydroxylation is 1. The van der Waals surface area contributed by atoms with E-state index in [1.165, 1.54) is 12.8 Å². The molecule has 2 aliphatic rings. The Hall–Kier alpha value is -0.880. The molecule has 2 aliphatic heterocycles. The fourth-order valence-corrected chi connectivity index (χ4v) is 3.05. The van der Waals surface area contributed by atoms with Gasteiger partial charge in [-0.15, -0.1) is 0 Å². The van der Waals surface area contributed by atoms with Gasteiger partial charge in [0, 0.05) is 26.2 Å². The molecule has 5 heteroatoms. The summed E-state index contributed by atoms with van der Waals surface area (Å²) in [5.41, 5.74) is 0. The summed E-state index contributed by atoms with van der Waals surface area (Å²) in [4.78, 5) is 2.43. The quantitative estimate of drug-likeness (QED) is 0.756. The third kappa shape index (κ3) is 4.56. The SMILES string of the molecule is Cc1ccc([C@H]2CN(CCCO[C@@H]3CCCCO3)CCO2)o1. The molecule has 1 aromatic rings. The van der Waals surface area contributed by atoms with Gasteiger partial charge in [0.15, 0.2) is 6.29 Å². The lowest BCUT2D eigenvalue weighted by Gasteiger charge is -2.32. The van der Waals surface area contributed by atoms with E-state index in [1.54, 1.807) is 0 Å². The molecule has 22 heavy (non-hydrogen) atoms. The van der Waals surface area contributed by atoms with Crippen LogP contribution >= 0.6 is 0 Å². The Bertz CT molecular complexity index is 442. The van der Waals surface area contributed by atoms with Crippen molar-refractivity contribution in [3.63, 3.8) is 0 Å². The molecule has 3 heterocycles. The van der Waals surface area contributed by atoms with Crippen molar-refractivity contribution >= 4 is 0 Å². The van der Waals surface area contributed by atoms with Crippen molar-refractivity contribution in [2.24, 2.45) is 0 Å². The van der Waals surface area contributed by atoms with E-state index in [0.717, 1.165) is 63.8 Å². The van der Waals surface area contributed by atoms with Crippen LogP contribution in [0, 0.1) is 6.92 Å². The zero-order chi connectivity index (χ0) is 15.2. The Kier molecular flexibility index (Phi) is 5.89. The monoisotopic (exact) mass is 309 g/mol. The van der Waals surface area contributed by atoms with E-state index in [9.17, 15) is 0 Å². The summed E-state index contributed by atoms with van der Waals surface area (Å²) >= 11 is 0.